The van der Waals surface area contributed by atoms with Gasteiger partial charge in [-0.05, 0) is 46.3 Å². The fourth-order valence-electron chi connectivity index (χ4n) is 2.60. The molecule has 5 nitrogen and oxygen atoms in total. The van der Waals surface area contributed by atoms with Crippen molar-refractivity contribution in [2.75, 3.05) is 5.32 Å². The molecule has 0 unspecified atom stereocenters. The lowest BCUT2D eigenvalue weighted by Gasteiger charge is -2.03. The van der Waals surface area contributed by atoms with E-state index in [2.05, 4.69) is 72.3 Å². The third kappa shape index (κ3) is 3.52. The predicted octanol–water partition coefficient (Wildman–Crippen LogP) is 5.17. The first kappa shape index (κ1) is 16.9. The number of nitrogens with one attached hydrogen (secondary N) is 3. The second kappa shape index (κ2) is 6.31. The van der Waals surface area contributed by atoms with Gasteiger partial charge < -0.3 is 15.3 Å². The van der Waals surface area contributed by atoms with Crippen molar-refractivity contribution in [1.82, 2.24) is 19.9 Å². The van der Waals surface area contributed by atoms with Crippen molar-refractivity contribution in [3.8, 4) is 11.5 Å². The van der Waals surface area contributed by atoms with Crippen molar-refractivity contribution < 1.29 is 0 Å². The molecule has 3 heterocycles. The lowest BCUT2D eigenvalue weighted by Crippen LogP contribution is -2.16. The molecular weight excluding hydrogens is 406 g/mol. The zero-order chi connectivity index (χ0) is 18.3. The number of H-pyrrole nitrogens is 2. The first-order valence-electron chi connectivity index (χ1n) is 8.31. The molecule has 0 radical (unpaired) electrons. The Balaban J connectivity index is 1.66. The minimum absolute atomic E-state index is 0.679. The second-order valence-electron chi connectivity index (χ2n) is 7.17. The van der Waals surface area contributed by atoms with Gasteiger partial charge in [0.25, 0.3) is 0 Å². The molecule has 130 valence electrons. The predicted molar refractivity (Wildman–Crippen MR) is 113 cm³/mol. The molecule has 7 heteroatoms. The Morgan fingerprint density at radius 2 is 1.92 bits per heavy atom. The summed E-state index contributed by atoms with van der Waals surface area (Å²) in [6.07, 6.45) is 1.89. The Morgan fingerprint density at radius 1 is 1.08 bits per heavy atom. The van der Waals surface area contributed by atoms with Crippen molar-refractivity contribution in [2.45, 2.75) is 19.6 Å². The van der Waals surface area contributed by atoms with Crippen LogP contribution in [0.4, 0.5) is 11.6 Å². The molecule has 0 bridgehead atoms. The van der Waals surface area contributed by atoms with E-state index in [0.29, 0.717) is 5.95 Å². The summed E-state index contributed by atoms with van der Waals surface area (Å²) in [4.78, 5) is 15.6. The molecule has 0 atom stereocenters. The van der Waals surface area contributed by atoms with Crippen LogP contribution in [-0.4, -0.2) is 28.0 Å². The first-order chi connectivity index (χ1) is 12.4. The van der Waals surface area contributed by atoms with Crippen LogP contribution < -0.4 is 5.32 Å². The van der Waals surface area contributed by atoms with E-state index in [4.69, 9.17) is 0 Å². The Kier molecular flexibility index (Phi) is 4.09. The van der Waals surface area contributed by atoms with Crippen LogP contribution in [0.5, 0.6) is 0 Å². The van der Waals surface area contributed by atoms with Crippen LogP contribution in [0.1, 0.15) is 5.56 Å². The normalized spacial score (nSPS) is 11.5. The zero-order valence-electron chi connectivity index (χ0n) is 14.7. The summed E-state index contributed by atoms with van der Waals surface area (Å²) in [6.45, 7) is 6.72. The number of anilines is 2. The molecule has 1 aromatic carbocycles. The molecule has 0 aliphatic heterocycles. The van der Waals surface area contributed by atoms with Crippen molar-refractivity contribution in [3.05, 3.63) is 46.7 Å². The highest BCUT2D eigenvalue weighted by Crippen LogP contribution is 2.26. The zero-order valence-corrected chi connectivity index (χ0v) is 17.3. The lowest BCUT2D eigenvalue weighted by molar-refractivity contribution is 1.30. The number of nitrogens with zero attached hydrogens (tertiary/aromatic N) is 2. The quantitative estimate of drug-likeness (QED) is 0.236. The van der Waals surface area contributed by atoms with Crippen LogP contribution >= 0.6 is 15.9 Å². The van der Waals surface area contributed by atoms with Gasteiger partial charge in [0.05, 0.1) is 22.2 Å². The van der Waals surface area contributed by atoms with Gasteiger partial charge in [0.2, 0.25) is 5.95 Å². The van der Waals surface area contributed by atoms with Gasteiger partial charge in [-0.3, -0.25) is 0 Å². The van der Waals surface area contributed by atoms with Gasteiger partial charge in [0.15, 0.2) is 0 Å². The summed E-state index contributed by atoms with van der Waals surface area (Å²) in [5.74, 6) is 3.96. The summed E-state index contributed by atoms with van der Waals surface area (Å²) < 4.78 is 0.794. The SMILES string of the molecule is C[Si](C)(C)C#Cc1ccc2nc(Nc3c[nH]c4ccc(Br)nc34)[nH]c2c1. The van der Waals surface area contributed by atoms with Crippen LogP contribution in [0.3, 0.4) is 0 Å². The molecule has 0 spiro atoms. The maximum atomic E-state index is 4.61. The average Bonchev–Trinajstić information content (AvgIpc) is 3.15. The topological polar surface area (TPSA) is 69.4 Å². The van der Waals surface area contributed by atoms with Crippen LogP contribution in [-0.2, 0) is 0 Å². The van der Waals surface area contributed by atoms with E-state index >= 15 is 0 Å². The number of hydrogen-bond donors (Lipinski definition) is 3. The van der Waals surface area contributed by atoms with Gasteiger partial charge in [-0.15, -0.1) is 5.54 Å². The van der Waals surface area contributed by atoms with Gasteiger partial charge in [-0.1, -0.05) is 25.6 Å². The highest BCUT2D eigenvalue weighted by molar-refractivity contribution is 9.10. The van der Waals surface area contributed by atoms with E-state index in [1.807, 2.05) is 36.5 Å². The molecule has 0 aliphatic rings. The van der Waals surface area contributed by atoms with Crippen LogP contribution in [0.2, 0.25) is 19.6 Å². The number of aromatic nitrogens is 4. The Hall–Kier alpha value is -2.56. The summed E-state index contributed by atoms with van der Waals surface area (Å²) in [7, 11) is -1.39. The molecule has 26 heavy (non-hydrogen) atoms. The molecule has 0 amide bonds. The summed E-state index contributed by atoms with van der Waals surface area (Å²) in [5.41, 5.74) is 8.97. The number of fused-ring (bicyclic) bond motifs is 2. The van der Waals surface area contributed by atoms with Gasteiger partial charge in [0, 0.05) is 11.8 Å². The van der Waals surface area contributed by atoms with Gasteiger partial charge in [-0.2, -0.15) is 0 Å². The highest BCUT2D eigenvalue weighted by atomic mass is 79.9. The number of benzene rings is 1. The third-order valence-corrected chi connectivity index (χ3v) is 5.12. The maximum Gasteiger partial charge on any atom is 0.205 e. The number of imidazole rings is 1. The molecule has 0 fully saturated rings. The average molecular weight is 424 g/mol. The monoisotopic (exact) mass is 423 g/mol. The van der Waals surface area contributed by atoms with Gasteiger partial charge in [-0.25, -0.2) is 9.97 Å². The number of aromatic amines is 2. The third-order valence-electron chi connectivity index (χ3n) is 3.81. The number of halogens is 1. The lowest BCUT2D eigenvalue weighted by atomic mass is 10.2. The molecule has 3 aromatic heterocycles. The molecule has 0 aliphatic carbocycles. The smallest absolute Gasteiger partial charge is 0.205 e. The number of pyridine rings is 1. The fourth-order valence-corrected chi connectivity index (χ4v) is 3.43. The maximum absolute atomic E-state index is 4.61. The van der Waals surface area contributed by atoms with Gasteiger partial charge in [0.1, 0.15) is 18.2 Å². The Bertz CT molecular complexity index is 1170. The molecule has 0 saturated carbocycles. The summed E-state index contributed by atoms with van der Waals surface area (Å²) >= 11 is 3.42. The first-order valence-corrected chi connectivity index (χ1v) is 12.6. The Morgan fingerprint density at radius 3 is 2.73 bits per heavy atom. The van der Waals surface area contributed by atoms with Crippen molar-refractivity contribution in [3.63, 3.8) is 0 Å². The van der Waals surface area contributed by atoms with E-state index in [0.717, 1.165) is 37.9 Å². The molecule has 4 aromatic rings. The van der Waals surface area contributed by atoms with Crippen molar-refractivity contribution in [1.29, 1.82) is 0 Å². The molecular formula is C19H18BrN5Si. The molecule has 0 saturated heterocycles. The molecule has 3 N–H and O–H groups in total. The van der Waals surface area contributed by atoms with E-state index in [-0.39, 0.29) is 0 Å². The summed E-state index contributed by atoms with van der Waals surface area (Å²) in [6, 6.07) is 9.96. The number of rotatable bonds is 2. The minimum atomic E-state index is -1.39. The fraction of sp³-hybridized carbons (Fsp3) is 0.158. The van der Waals surface area contributed by atoms with E-state index in [9.17, 15) is 0 Å². The minimum Gasteiger partial charge on any atom is -0.358 e. The number of hydrogen-bond acceptors (Lipinski definition) is 3. The standard InChI is InChI=1S/C19H18BrN5Si/c1-26(2,3)9-8-12-4-5-13-15(10-12)23-19(22-13)24-16-11-21-14-6-7-17(20)25-18(14)16/h4-7,10-11,21H,1-3H3,(H2,22,23,24). The molecule has 4 rings (SSSR count). The van der Waals surface area contributed by atoms with E-state index < -0.39 is 8.07 Å². The van der Waals surface area contributed by atoms with E-state index in [1.165, 1.54) is 0 Å². The largest absolute Gasteiger partial charge is 0.358 e. The van der Waals surface area contributed by atoms with Crippen LogP contribution in [0.15, 0.2) is 41.1 Å². The van der Waals surface area contributed by atoms with Crippen LogP contribution in [0.25, 0.3) is 22.1 Å². The second-order valence-corrected chi connectivity index (χ2v) is 12.7. The van der Waals surface area contributed by atoms with E-state index in [1.54, 1.807) is 0 Å². The van der Waals surface area contributed by atoms with Gasteiger partial charge >= 0.3 is 0 Å². The van der Waals surface area contributed by atoms with Crippen molar-refractivity contribution >= 4 is 57.7 Å². The Labute approximate surface area is 160 Å². The van der Waals surface area contributed by atoms with Crippen LogP contribution in [0, 0.1) is 11.5 Å². The highest BCUT2D eigenvalue weighted by Gasteiger charge is 2.10. The van der Waals surface area contributed by atoms with Crippen molar-refractivity contribution in [2.24, 2.45) is 0 Å². The summed E-state index contributed by atoms with van der Waals surface area (Å²) in [5, 5.41) is 3.31.